The number of benzene rings is 1. The first kappa shape index (κ1) is 17.8. The molecule has 1 N–H and O–H groups in total. The minimum Gasteiger partial charge on any atom is -0.426 e. The molecule has 0 spiro atoms. The molecule has 2 aromatic rings. The summed E-state index contributed by atoms with van der Waals surface area (Å²) in [6, 6.07) is 7.19. The van der Waals surface area contributed by atoms with Crippen LogP contribution in [0.2, 0.25) is 0 Å². The van der Waals surface area contributed by atoms with Gasteiger partial charge in [0.2, 0.25) is 0 Å². The first-order valence-corrected chi connectivity index (χ1v) is 9.85. The molecular weight excluding hydrogens is 378 g/mol. The van der Waals surface area contributed by atoms with Crippen LogP contribution in [0, 0.1) is 0 Å². The number of rotatable bonds is 4. The number of nitrogens with one attached hydrogen (secondary N) is 1. The van der Waals surface area contributed by atoms with Crippen LogP contribution in [-0.2, 0) is 20.4 Å². The van der Waals surface area contributed by atoms with Crippen LogP contribution in [0.15, 0.2) is 40.1 Å². The molecule has 26 heavy (non-hydrogen) atoms. The summed E-state index contributed by atoms with van der Waals surface area (Å²) in [5.74, 6) is 0.778. The lowest BCUT2D eigenvalue weighted by Gasteiger charge is -2.25. The highest BCUT2D eigenvalue weighted by molar-refractivity contribution is 7.42. The fourth-order valence-electron chi connectivity index (χ4n) is 2.88. The largest absolute Gasteiger partial charge is 0.426 e. The minimum atomic E-state index is -1.47. The Morgan fingerprint density at radius 2 is 2.19 bits per heavy atom. The maximum absolute atomic E-state index is 11.8. The predicted molar refractivity (Wildman–Crippen MR) is 98.5 cm³/mol. The fraction of sp³-hybridized carbons (Fsp3) is 0.375. The van der Waals surface area contributed by atoms with E-state index < -0.39 is 26.1 Å². The third-order valence-corrected chi connectivity index (χ3v) is 5.61. The lowest BCUT2D eigenvalue weighted by atomic mass is 10.2. The molecule has 1 aromatic carbocycles. The van der Waals surface area contributed by atoms with E-state index in [1.165, 1.54) is 16.8 Å². The van der Waals surface area contributed by atoms with Crippen molar-refractivity contribution in [3.8, 4) is 5.75 Å². The zero-order valence-corrected chi connectivity index (χ0v) is 15.8. The number of aromatic nitrogens is 2. The molecule has 2 aliphatic heterocycles. The highest BCUT2D eigenvalue weighted by Gasteiger charge is 2.30. The average Bonchev–Trinajstić information content (AvgIpc) is 3.08. The van der Waals surface area contributed by atoms with Crippen LogP contribution in [-0.4, -0.2) is 22.3 Å². The van der Waals surface area contributed by atoms with Crippen LogP contribution >= 0.6 is 17.8 Å². The molecule has 8 nitrogen and oxygen atoms in total. The van der Waals surface area contributed by atoms with Crippen molar-refractivity contribution in [1.29, 1.82) is 0 Å². The minimum absolute atomic E-state index is 0.164. The molecule has 2 aliphatic rings. The van der Waals surface area contributed by atoms with Gasteiger partial charge < -0.3 is 9.26 Å². The average molecular weight is 396 g/mol. The summed E-state index contributed by atoms with van der Waals surface area (Å²) in [7, 11) is 1.16. The normalized spacial score (nSPS) is 24.9. The van der Waals surface area contributed by atoms with Gasteiger partial charge in [-0.3, -0.25) is 23.4 Å². The van der Waals surface area contributed by atoms with E-state index in [2.05, 4.69) is 14.2 Å². The highest BCUT2D eigenvalue weighted by Crippen LogP contribution is 2.47. The summed E-state index contributed by atoms with van der Waals surface area (Å²) in [4.78, 5) is 25.2. The van der Waals surface area contributed by atoms with E-state index in [0.29, 0.717) is 19.6 Å². The summed E-state index contributed by atoms with van der Waals surface area (Å²) >= 11 is 0. The molecule has 3 heterocycles. The molecule has 138 valence electrons. The van der Waals surface area contributed by atoms with Gasteiger partial charge in [-0.25, -0.2) is 4.79 Å². The lowest BCUT2D eigenvalue weighted by Crippen LogP contribution is -2.31. The molecule has 4 unspecified atom stereocenters. The van der Waals surface area contributed by atoms with Crippen LogP contribution in [0.5, 0.6) is 5.75 Å². The van der Waals surface area contributed by atoms with Crippen LogP contribution in [0.3, 0.4) is 0 Å². The Hall–Kier alpha value is -1.56. The number of ether oxygens (including phenoxy) is 1. The van der Waals surface area contributed by atoms with Crippen molar-refractivity contribution < 1.29 is 18.3 Å². The van der Waals surface area contributed by atoms with Crippen molar-refractivity contribution in [3.63, 3.8) is 0 Å². The Morgan fingerprint density at radius 3 is 3.04 bits per heavy atom. The first-order chi connectivity index (χ1) is 12.6. The second kappa shape index (κ2) is 7.59. The summed E-state index contributed by atoms with van der Waals surface area (Å²) in [5.41, 5.74) is 0.0952. The number of nitrogens with zero attached hydrogens (tertiary/aromatic N) is 1. The van der Waals surface area contributed by atoms with Gasteiger partial charge in [0.15, 0.2) is 0 Å². The third kappa shape index (κ3) is 3.90. The van der Waals surface area contributed by atoms with Gasteiger partial charge in [0, 0.05) is 17.8 Å². The molecule has 4 rings (SSSR count). The van der Waals surface area contributed by atoms with Crippen molar-refractivity contribution >= 4 is 23.1 Å². The maximum atomic E-state index is 11.8. The molecule has 10 heteroatoms. The number of H-pyrrole nitrogens is 1. The highest BCUT2D eigenvalue weighted by atomic mass is 31.2. The Kier molecular flexibility index (Phi) is 5.20. The van der Waals surface area contributed by atoms with Crippen molar-refractivity contribution in [2.45, 2.75) is 31.8 Å². The number of hydrogen-bond donors (Lipinski definition) is 1. The van der Waals surface area contributed by atoms with Crippen LogP contribution in [0.4, 0.5) is 0 Å². The molecule has 0 amide bonds. The number of fused-ring (bicyclic) bond motifs is 1. The maximum Gasteiger partial charge on any atom is 0.397 e. The summed E-state index contributed by atoms with van der Waals surface area (Å²) in [6.45, 7) is 0.767. The van der Waals surface area contributed by atoms with E-state index in [1.54, 1.807) is 0 Å². The molecular formula is C16H18N2O6P2. The van der Waals surface area contributed by atoms with Gasteiger partial charge >= 0.3 is 14.3 Å². The van der Waals surface area contributed by atoms with Crippen molar-refractivity contribution in [2.75, 3.05) is 6.61 Å². The van der Waals surface area contributed by atoms with Gasteiger partial charge in [0.05, 0.1) is 19.3 Å². The van der Waals surface area contributed by atoms with Crippen molar-refractivity contribution in [2.24, 2.45) is 0 Å². The Morgan fingerprint density at radius 1 is 1.31 bits per heavy atom. The van der Waals surface area contributed by atoms with E-state index in [-0.39, 0.29) is 6.10 Å². The molecule has 1 fully saturated rings. The lowest BCUT2D eigenvalue weighted by molar-refractivity contribution is -0.0229. The Bertz CT molecular complexity index is 914. The van der Waals surface area contributed by atoms with Crippen molar-refractivity contribution in [3.05, 3.63) is 56.9 Å². The molecule has 4 atom stereocenters. The van der Waals surface area contributed by atoms with E-state index in [9.17, 15) is 9.59 Å². The second-order valence-electron chi connectivity index (χ2n) is 6.06. The smallest absolute Gasteiger partial charge is 0.397 e. The zero-order chi connectivity index (χ0) is 18.1. The van der Waals surface area contributed by atoms with Gasteiger partial charge in [-0.05, 0) is 24.2 Å². The molecule has 0 bridgehead atoms. The standard InChI is InChI=1S/C16H18N2O6P2/c19-14-5-6-18(16(20)17-14)15-4-2-11(23-15)9-22-26-21-8-10-1-3-12(25)7-13(10)24-26/h1,3,5-7,11,15H,2,4,8-9,25H2,(H,17,19,20). The first-order valence-electron chi connectivity index (χ1n) is 8.18. The third-order valence-electron chi connectivity index (χ3n) is 4.20. The SMILES string of the molecule is O=c1ccn(C2CCC(COP3OCc4ccc(P)cc4O3)O2)c(=O)[nH]1. The quantitative estimate of drug-likeness (QED) is 0.789. The van der Waals surface area contributed by atoms with Gasteiger partial charge in [-0.15, -0.1) is 9.24 Å². The van der Waals surface area contributed by atoms with Crippen LogP contribution in [0.25, 0.3) is 0 Å². The summed E-state index contributed by atoms with van der Waals surface area (Å²) in [5, 5.41) is 1.04. The monoisotopic (exact) mass is 396 g/mol. The fourth-order valence-corrected chi connectivity index (χ4v) is 4.17. The zero-order valence-electron chi connectivity index (χ0n) is 13.8. The molecule has 0 aliphatic carbocycles. The van der Waals surface area contributed by atoms with E-state index in [0.717, 1.165) is 23.0 Å². The van der Waals surface area contributed by atoms with Gasteiger partial charge in [-0.2, -0.15) is 0 Å². The number of hydrogen-bond acceptors (Lipinski definition) is 6. The number of aromatic amines is 1. The second-order valence-corrected chi connectivity index (χ2v) is 7.87. The van der Waals surface area contributed by atoms with E-state index in [1.807, 2.05) is 18.2 Å². The van der Waals surface area contributed by atoms with E-state index >= 15 is 0 Å². The van der Waals surface area contributed by atoms with E-state index in [4.69, 9.17) is 18.3 Å². The van der Waals surface area contributed by atoms with Crippen LogP contribution < -0.4 is 21.1 Å². The predicted octanol–water partition coefficient (Wildman–Crippen LogP) is 1.57. The van der Waals surface area contributed by atoms with Gasteiger partial charge in [-0.1, -0.05) is 12.1 Å². The molecule has 0 radical (unpaired) electrons. The summed E-state index contributed by atoms with van der Waals surface area (Å²) < 4.78 is 24.4. The summed E-state index contributed by atoms with van der Waals surface area (Å²) in [6.07, 6.45) is 2.28. The molecule has 1 saturated heterocycles. The topological polar surface area (TPSA) is 91.8 Å². The van der Waals surface area contributed by atoms with Gasteiger partial charge in [0.25, 0.3) is 5.56 Å². The van der Waals surface area contributed by atoms with Gasteiger partial charge in [0.1, 0.15) is 12.0 Å². The molecule has 1 aromatic heterocycles. The van der Waals surface area contributed by atoms with Crippen LogP contribution in [0.1, 0.15) is 24.6 Å². The Balaban J connectivity index is 1.32. The molecule has 0 saturated carbocycles. The Labute approximate surface area is 152 Å². The van der Waals surface area contributed by atoms with Crippen molar-refractivity contribution in [1.82, 2.24) is 9.55 Å².